The quantitative estimate of drug-likeness (QED) is 0.904. The first-order chi connectivity index (χ1) is 9.10. The Balaban J connectivity index is 2.18. The Kier molecular flexibility index (Phi) is 4.29. The van der Waals surface area contributed by atoms with Crippen molar-refractivity contribution in [3.8, 4) is 0 Å². The molecule has 1 heterocycles. The predicted molar refractivity (Wildman–Crippen MR) is 68.3 cm³/mol. The van der Waals surface area contributed by atoms with E-state index in [2.05, 4.69) is 0 Å². The lowest BCUT2D eigenvalue weighted by atomic mass is 10.0. The van der Waals surface area contributed by atoms with Gasteiger partial charge in [-0.05, 0) is 30.8 Å². The number of rotatable bonds is 5. The molecule has 1 unspecified atom stereocenters. The minimum Gasteiger partial charge on any atom is -0.472 e. The number of nitrogens with zero attached hydrogens (tertiary/aromatic N) is 1. The summed E-state index contributed by atoms with van der Waals surface area (Å²) >= 11 is 0. The molecule has 2 rings (SSSR count). The summed E-state index contributed by atoms with van der Waals surface area (Å²) in [6, 6.07) is 5.07. The lowest BCUT2D eigenvalue weighted by molar-refractivity contribution is 0.240. The molecule has 0 aliphatic rings. The van der Waals surface area contributed by atoms with Crippen molar-refractivity contribution in [3.63, 3.8) is 0 Å². The van der Waals surface area contributed by atoms with Crippen LogP contribution in [0, 0.1) is 11.6 Å². The van der Waals surface area contributed by atoms with Crippen LogP contribution in [-0.4, -0.2) is 18.5 Å². The molecule has 0 spiro atoms. The number of halogens is 2. The van der Waals surface area contributed by atoms with Gasteiger partial charge in [-0.15, -0.1) is 0 Å². The van der Waals surface area contributed by atoms with Crippen LogP contribution in [0.1, 0.15) is 17.2 Å². The van der Waals surface area contributed by atoms with E-state index in [1.165, 1.54) is 12.1 Å². The van der Waals surface area contributed by atoms with Crippen molar-refractivity contribution in [2.45, 2.75) is 12.6 Å². The Hall–Kier alpha value is -1.72. The summed E-state index contributed by atoms with van der Waals surface area (Å²) in [5.41, 5.74) is 7.24. The molecule has 1 aromatic heterocycles. The first kappa shape index (κ1) is 13.7. The van der Waals surface area contributed by atoms with Gasteiger partial charge in [0.2, 0.25) is 0 Å². The summed E-state index contributed by atoms with van der Waals surface area (Å²) in [5.74, 6) is -1.18. The third kappa shape index (κ3) is 3.39. The second-order valence-corrected chi connectivity index (χ2v) is 4.50. The molecule has 1 atom stereocenters. The second-order valence-electron chi connectivity index (χ2n) is 4.50. The summed E-state index contributed by atoms with van der Waals surface area (Å²) < 4.78 is 31.5. The average molecular weight is 266 g/mol. The molecule has 0 fully saturated rings. The molecule has 0 aliphatic carbocycles. The molecular formula is C14H16F2N2O. The number of benzene rings is 1. The Morgan fingerprint density at radius 2 is 1.95 bits per heavy atom. The lowest BCUT2D eigenvalue weighted by Gasteiger charge is -2.27. The van der Waals surface area contributed by atoms with Gasteiger partial charge in [0.05, 0.1) is 12.5 Å². The summed E-state index contributed by atoms with van der Waals surface area (Å²) in [4.78, 5) is 1.93. The number of hydrogen-bond donors (Lipinski definition) is 1. The fraction of sp³-hybridized carbons (Fsp3) is 0.286. The zero-order valence-corrected chi connectivity index (χ0v) is 10.6. The summed E-state index contributed by atoms with van der Waals surface area (Å²) in [6.07, 6.45) is 3.22. The van der Waals surface area contributed by atoms with Crippen LogP contribution in [0.15, 0.2) is 41.2 Å². The first-order valence-electron chi connectivity index (χ1n) is 5.97. The van der Waals surface area contributed by atoms with Gasteiger partial charge in [-0.25, -0.2) is 8.78 Å². The van der Waals surface area contributed by atoms with Gasteiger partial charge in [0.25, 0.3) is 0 Å². The second kappa shape index (κ2) is 5.95. The Bertz CT molecular complexity index is 508. The highest BCUT2D eigenvalue weighted by atomic mass is 19.1. The van der Waals surface area contributed by atoms with Gasteiger partial charge in [0.15, 0.2) is 0 Å². The van der Waals surface area contributed by atoms with E-state index >= 15 is 0 Å². The van der Waals surface area contributed by atoms with Gasteiger partial charge >= 0.3 is 0 Å². The van der Waals surface area contributed by atoms with E-state index in [9.17, 15) is 8.78 Å². The minimum atomic E-state index is -0.592. The number of nitrogens with two attached hydrogens (primary N) is 1. The van der Waals surface area contributed by atoms with Crippen LogP contribution in [0.2, 0.25) is 0 Å². The summed E-state index contributed by atoms with van der Waals surface area (Å²) in [5, 5.41) is 0. The van der Waals surface area contributed by atoms with Crippen LogP contribution in [0.4, 0.5) is 8.78 Å². The van der Waals surface area contributed by atoms with E-state index in [0.29, 0.717) is 12.1 Å². The molecule has 102 valence electrons. The molecule has 0 saturated carbocycles. The Labute approximate surface area is 110 Å². The molecule has 0 amide bonds. The molecule has 0 saturated heterocycles. The monoisotopic (exact) mass is 266 g/mol. The fourth-order valence-corrected chi connectivity index (χ4v) is 2.12. The van der Waals surface area contributed by atoms with Crippen LogP contribution >= 0.6 is 0 Å². The van der Waals surface area contributed by atoms with Crippen molar-refractivity contribution in [2.24, 2.45) is 5.73 Å². The molecular weight excluding hydrogens is 250 g/mol. The van der Waals surface area contributed by atoms with E-state index < -0.39 is 11.6 Å². The van der Waals surface area contributed by atoms with Crippen LogP contribution < -0.4 is 5.73 Å². The zero-order valence-electron chi connectivity index (χ0n) is 10.6. The van der Waals surface area contributed by atoms with Gasteiger partial charge in [-0.3, -0.25) is 4.90 Å². The van der Waals surface area contributed by atoms with Crippen molar-refractivity contribution in [3.05, 3.63) is 59.6 Å². The van der Waals surface area contributed by atoms with Crippen LogP contribution in [0.5, 0.6) is 0 Å². The van der Waals surface area contributed by atoms with Crippen LogP contribution in [-0.2, 0) is 6.54 Å². The molecule has 0 radical (unpaired) electrons. The molecule has 0 bridgehead atoms. The lowest BCUT2D eigenvalue weighted by Crippen LogP contribution is -2.30. The molecule has 19 heavy (non-hydrogen) atoms. The topological polar surface area (TPSA) is 42.4 Å². The van der Waals surface area contributed by atoms with E-state index in [-0.39, 0.29) is 12.6 Å². The molecule has 0 aliphatic heterocycles. The number of furan rings is 1. The third-order valence-electron chi connectivity index (χ3n) is 3.04. The van der Waals surface area contributed by atoms with Gasteiger partial charge in [-0.1, -0.05) is 0 Å². The standard InChI is InChI=1S/C14H16F2N2O/c1-18(8-10-2-3-19-9-10)14(7-17)11-4-12(15)6-13(16)5-11/h2-6,9,14H,7-8,17H2,1H3. The largest absolute Gasteiger partial charge is 0.472 e. The molecule has 1 aromatic carbocycles. The van der Waals surface area contributed by atoms with E-state index in [1.807, 2.05) is 18.0 Å². The van der Waals surface area contributed by atoms with Gasteiger partial charge in [0, 0.05) is 30.8 Å². The van der Waals surface area contributed by atoms with Gasteiger partial charge in [-0.2, -0.15) is 0 Å². The minimum absolute atomic E-state index is 0.250. The van der Waals surface area contributed by atoms with Crippen molar-refractivity contribution in [1.82, 2.24) is 4.90 Å². The molecule has 5 heteroatoms. The Morgan fingerprint density at radius 3 is 2.47 bits per heavy atom. The molecule has 3 nitrogen and oxygen atoms in total. The Morgan fingerprint density at radius 1 is 1.26 bits per heavy atom. The van der Waals surface area contributed by atoms with E-state index in [0.717, 1.165) is 11.6 Å². The highest BCUT2D eigenvalue weighted by molar-refractivity contribution is 5.22. The maximum absolute atomic E-state index is 13.3. The van der Waals surface area contributed by atoms with Crippen molar-refractivity contribution < 1.29 is 13.2 Å². The van der Waals surface area contributed by atoms with Crippen LogP contribution in [0.25, 0.3) is 0 Å². The van der Waals surface area contributed by atoms with E-state index in [1.54, 1.807) is 12.5 Å². The zero-order chi connectivity index (χ0) is 13.8. The summed E-state index contributed by atoms with van der Waals surface area (Å²) in [7, 11) is 1.85. The van der Waals surface area contributed by atoms with Gasteiger partial charge in [0.1, 0.15) is 11.6 Å². The van der Waals surface area contributed by atoms with Crippen molar-refractivity contribution in [1.29, 1.82) is 0 Å². The maximum atomic E-state index is 13.3. The smallest absolute Gasteiger partial charge is 0.126 e. The average Bonchev–Trinajstić information content (AvgIpc) is 2.81. The molecule has 2 N–H and O–H groups in total. The highest BCUT2D eigenvalue weighted by Gasteiger charge is 2.17. The SMILES string of the molecule is CN(Cc1ccoc1)C(CN)c1cc(F)cc(F)c1. The van der Waals surface area contributed by atoms with Crippen molar-refractivity contribution >= 4 is 0 Å². The summed E-state index contributed by atoms with van der Waals surface area (Å²) in [6.45, 7) is 0.869. The van der Waals surface area contributed by atoms with E-state index in [4.69, 9.17) is 10.2 Å². The predicted octanol–water partition coefficient (Wildman–Crippen LogP) is 2.69. The molecule has 2 aromatic rings. The highest BCUT2D eigenvalue weighted by Crippen LogP contribution is 2.22. The fourth-order valence-electron chi connectivity index (χ4n) is 2.12. The normalized spacial score (nSPS) is 12.9. The number of hydrogen-bond acceptors (Lipinski definition) is 3. The first-order valence-corrected chi connectivity index (χ1v) is 5.97. The van der Waals surface area contributed by atoms with Gasteiger partial charge < -0.3 is 10.2 Å². The third-order valence-corrected chi connectivity index (χ3v) is 3.04. The van der Waals surface area contributed by atoms with Crippen molar-refractivity contribution in [2.75, 3.05) is 13.6 Å². The number of likely N-dealkylation sites (N-methyl/N-ethyl adjacent to an activating group) is 1. The maximum Gasteiger partial charge on any atom is 0.126 e. The van der Waals surface area contributed by atoms with Crippen LogP contribution in [0.3, 0.4) is 0 Å².